The molecule has 0 atom stereocenters. The summed E-state index contributed by atoms with van der Waals surface area (Å²) in [6, 6.07) is 18.9. The molecule has 32 heavy (non-hydrogen) atoms. The second-order valence-electron chi connectivity index (χ2n) is 6.97. The van der Waals surface area contributed by atoms with Crippen molar-refractivity contribution in [2.45, 2.75) is 20.5 Å². The number of ether oxygens (including phenoxy) is 3. The molecule has 0 heterocycles. The summed E-state index contributed by atoms with van der Waals surface area (Å²) < 4.78 is 17.9. The fourth-order valence-corrected chi connectivity index (χ4v) is 3.54. The van der Waals surface area contributed by atoms with E-state index in [0.29, 0.717) is 36.0 Å². The number of hydrazone groups is 1. The molecule has 0 unspecified atom stereocenters. The molecule has 0 aliphatic rings. The van der Waals surface area contributed by atoms with E-state index in [2.05, 4.69) is 52.2 Å². The number of hydrogen-bond acceptors (Lipinski definition) is 5. The van der Waals surface area contributed by atoms with E-state index in [4.69, 9.17) is 14.2 Å². The van der Waals surface area contributed by atoms with E-state index in [1.165, 1.54) is 5.56 Å². The van der Waals surface area contributed by atoms with Gasteiger partial charge < -0.3 is 14.2 Å². The lowest BCUT2D eigenvalue weighted by atomic mass is 10.1. The molecule has 7 heteroatoms. The van der Waals surface area contributed by atoms with E-state index < -0.39 is 0 Å². The van der Waals surface area contributed by atoms with Crippen LogP contribution >= 0.6 is 22.6 Å². The Balaban J connectivity index is 1.66. The van der Waals surface area contributed by atoms with Crippen LogP contribution < -0.4 is 19.6 Å². The maximum atomic E-state index is 12.4. The minimum Gasteiger partial charge on any atom is -0.496 e. The summed E-state index contributed by atoms with van der Waals surface area (Å²) in [6.07, 6.45) is 1.56. The number of amides is 1. The van der Waals surface area contributed by atoms with Gasteiger partial charge in [0, 0.05) is 5.56 Å². The molecule has 3 aromatic rings. The highest BCUT2D eigenvalue weighted by atomic mass is 127. The smallest absolute Gasteiger partial charge is 0.271 e. The molecule has 166 valence electrons. The minimum atomic E-state index is -0.320. The monoisotopic (exact) mass is 544 g/mol. The highest BCUT2D eigenvalue weighted by Gasteiger charge is 2.09. The van der Waals surface area contributed by atoms with Crippen molar-refractivity contribution in [2.24, 2.45) is 5.10 Å². The van der Waals surface area contributed by atoms with Crippen LogP contribution in [0.2, 0.25) is 0 Å². The van der Waals surface area contributed by atoms with Crippen LogP contribution in [0.1, 0.15) is 34.0 Å². The number of halogens is 1. The van der Waals surface area contributed by atoms with E-state index in [1.54, 1.807) is 25.5 Å². The number of methoxy groups -OCH3 is 1. The Bertz CT molecular complexity index is 1110. The SMILES string of the molecule is CCOc1cc(/C=N\NC(=O)c2ccc(I)c(OC)c2)ccc1OCc1cccc(C)c1. The number of rotatable bonds is 9. The van der Waals surface area contributed by atoms with Crippen LogP contribution in [0.5, 0.6) is 17.2 Å². The van der Waals surface area contributed by atoms with Crippen molar-refractivity contribution in [2.75, 3.05) is 13.7 Å². The molecule has 0 aliphatic carbocycles. The average Bonchev–Trinajstić information content (AvgIpc) is 2.79. The predicted molar refractivity (Wildman–Crippen MR) is 134 cm³/mol. The molecular weight excluding hydrogens is 519 g/mol. The zero-order chi connectivity index (χ0) is 22.9. The van der Waals surface area contributed by atoms with E-state index in [1.807, 2.05) is 43.3 Å². The van der Waals surface area contributed by atoms with Crippen LogP contribution in [0.25, 0.3) is 0 Å². The molecule has 0 saturated heterocycles. The van der Waals surface area contributed by atoms with Crippen LogP contribution in [0.4, 0.5) is 0 Å². The highest BCUT2D eigenvalue weighted by Crippen LogP contribution is 2.29. The van der Waals surface area contributed by atoms with Crippen LogP contribution in [0.3, 0.4) is 0 Å². The van der Waals surface area contributed by atoms with Gasteiger partial charge in [0.25, 0.3) is 5.91 Å². The van der Waals surface area contributed by atoms with Crippen molar-refractivity contribution in [1.29, 1.82) is 0 Å². The number of carbonyl (C=O) groups excluding carboxylic acids is 1. The Morgan fingerprint density at radius 2 is 1.88 bits per heavy atom. The van der Waals surface area contributed by atoms with Crippen LogP contribution in [0, 0.1) is 10.5 Å². The van der Waals surface area contributed by atoms with Crippen molar-refractivity contribution >= 4 is 34.7 Å². The third-order valence-electron chi connectivity index (χ3n) is 4.54. The molecule has 1 amide bonds. The second kappa shape index (κ2) is 11.5. The van der Waals surface area contributed by atoms with Crippen molar-refractivity contribution in [1.82, 2.24) is 5.43 Å². The highest BCUT2D eigenvalue weighted by molar-refractivity contribution is 14.1. The Morgan fingerprint density at radius 1 is 1.03 bits per heavy atom. The van der Waals surface area contributed by atoms with Gasteiger partial charge in [0.05, 0.1) is 23.5 Å². The Morgan fingerprint density at radius 3 is 2.62 bits per heavy atom. The van der Waals surface area contributed by atoms with Crippen molar-refractivity contribution < 1.29 is 19.0 Å². The summed E-state index contributed by atoms with van der Waals surface area (Å²) in [5, 5.41) is 4.07. The van der Waals surface area contributed by atoms with Gasteiger partial charge >= 0.3 is 0 Å². The third-order valence-corrected chi connectivity index (χ3v) is 5.43. The van der Waals surface area contributed by atoms with E-state index in [0.717, 1.165) is 14.7 Å². The van der Waals surface area contributed by atoms with Crippen LogP contribution in [0.15, 0.2) is 65.8 Å². The minimum absolute atomic E-state index is 0.320. The van der Waals surface area contributed by atoms with E-state index in [-0.39, 0.29) is 5.91 Å². The average molecular weight is 544 g/mol. The van der Waals surface area contributed by atoms with Gasteiger partial charge in [-0.1, -0.05) is 29.8 Å². The molecule has 0 aliphatic heterocycles. The summed E-state index contributed by atoms with van der Waals surface area (Å²) in [4.78, 5) is 12.4. The first-order chi connectivity index (χ1) is 15.5. The van der Waals surface area contributed by atoms with Gasteiger partial charge in [-0.15, -0.1) is 0 Å². The van der Waals surface area contributed by atoms with Crippen molar-refractivity contribution in [3.8, 4) is 17.2 Å². The third kappa shape index (κ3) is 6.46. The summed E-state index contributed by atoms with van der Waals surface area (Å²) in [5.41, 5.74) is 6.06. The first kappa shape index (κ1) is 23.6. The van der Waals surface area contributed by atoms with E-state index >= 15 is 0 Å². The molecule has 3 rings (SSSR count). The lowest BCUT2D eigenvalue weighted by molar-refractivity contribution is 0.0954. The fourth-order valence-electron chi connectivity index (χ4n) is 2.99. The zero-order valence-corrected chi connectivity index (χ0v) is 20.4. The quantitative estimate of drug-likeness (QED) is 0.224. The van der Waals surface area contributed by atoms with Gasteiger partial charge in [0.15, 0.2) is 11.5 Å². The van der Waals surface area contributed by atoms with E-state index in [9.17, 15) is 4.79 Å². The number of carbonyl (C=O) groups is 1. The fraction of sp³-hybridized carbons (Fsp3) is 0.200. The van der Waals surface area contributed by atoms with Gasteiger partial charge in [-0.25, -0.2) is 5.43 Å². The molecule has 0 aromatic heterocycles. The molecule has 1 N–H and O–H groups in total. The van der Waals surface area contributed by atoms with Gasteiger partial charge in [-0.2, -0.15) is 5.10 Å². The molecular formula is C25H25IN2O4. The molecule has 0 saturated carbocycles. The molecule has 0 radical (unpaired) electrons. The van der Waals surface area contributed by atoms with Crippen LogP contribution in [-0.4, -0.2) is 25.8 Å². The largest absolute Gasteiger partial charge is 0.496 e. The summed E-state index contributed by atoms with van der Waals surface area (Å²) in [5.74, 6) is 1.60. The van der Waals surface area contributed by atoms with Crippen molar-refractivity contribution in [3.63, 3.8) is 0 Å². The zero-order valence-electron chi connectivity index (χ0n) is 18.2. The molecule has 3 aromatic carbocycles. The normalized spacial score (nSPS) is 10.8. The maximum Gasteiger partial charge on any atom is 0.271 e. The summed E-state index contributed by atoms with van der Waals surface area (Å²) in [6.45, 7) is 4.93. The second-order valence-corrected chi connectivity index (χ2v) is 8.13. The molecule has 6 nitrogen and oxygen atoms in total. The Hall–Kier alpha value is -3.07. The van der Waals surface area contributed by atoms with Gasteiger partial charge in [-0.05, 0) is 84.0 Å². The number of hydrogen-bond donors (Lipinski definition) is 1. The summed E-state index contributed by atoms with van der Waals surface area (Å²) >= 11 is 2.15. The summed E-state index contributed by atoms with van der Waals surface area (Å²) in [7, 11) is 1.57. The number of benzene rings is 3. The maximum absolute atomic E-state index is 12.4. The molecule has 0 spiro atoms. The first-order valence-corrected chi connectivity index (χ1v) is 11.2. The Kier molecular flexibility index (Phi) is 8.49. The standard InChI is InChI=1S/C25H25IN2O4/c1-4-31-24-13-18(8-11-22(24)32-16-19-7-5-6-17(2)12-19)15-27-28-25(29)20-9-10-21(26)23(14-20)30-3/h5-15H,4,16H2,1-3H3,(H,28,29)/b27-15-. The molecule has 0 fully saturated rings. The lowest BCUT2D eigenvalue weighted by Crippen LogP contribution is -2.17. The topological polar surface area (TPSA) is 69.2 Å². The predicted octanol–water partition coefficient (Wildman–Crippen LogP) is 5.35. The Labute approximate surface area is 201 Å². The van der Waals surface area contributed by atoms with Gasteiger partial charge in [-0.3, -0.25) is 4.79 Å². The van der Waals surface area contributed by atoms with Gasteiger partial charge in [0.1, 0.15) is 12.4 Å². The van der Waals surface area contributed by atoms with Gasteiger partial charge in [0.2, 0.25) is 0 Å². The molecule has 0 bridgehead atoms. The van der Waals surface area contributed by atoms with Crippen molar-refractivity contribution in [3.05, 3.63) is 86.5 Å². The lowest BCUT2D eigenvalue weighted by Gasteiger charge is -2.13. The first-order valence-electron chi connectivity index (χ1n) is 10.1. The van der Waals surface area contributed by atoms with Crippen LogP contribution in [-0.2, 0) is 6.61 Å². The number of aryl methyl sites for hydroxylation is 1. The number of nitrogens with zero attached hydrogens (tertiary/aromatic N) is 1. The number of nitrogens with one attached hydrogen (secondary N) is 1.